The summed E-state index contributed by atoms with van der Waals surface area (Å²) < 4.78 is 68.9. The van der Waals surface area contributed by atoms with Gasteiger partial charge in [-0.05, 0) is 117 Å². The van der Waals surface area contributed by atoms with Crippen molar-refractivity contribution in [2.45, 2.75) is 38.0 Å². The number of methoxy groups -OCH3 is 5. The molecule has 0 aliphatic heterocycles. The Bertz CT molecular complexity index is 2740. The average Bonchev–Trinajstić information content (AvgIpc) is 3.81. The molecule has 0 aliphatic rings. The Hall–Kier alpha value is -7.50. The van der Waals surface area contributed by atoms with Gasteiger partial charge in [0.05, 0.1) is 46.0 Å². The number of carbonyl (C=O) groups is 1. The van der Waals surface area contributed by atoms with Crippen LogP contribution in [0.3, 0.4) is 0 Å². The molecule has 0 saturated heterocycles. The molecule has 0 fully saturated rings. The number of nitrogens with zero attached hydrogens (tertiary/aromatic N) is 2. The number of ether oxygens (including phenoxy) is 7. The van der Waals surface area contributed by atoms with Crippen molar-refractivity contribution in [1.82, 2.24) is 4.98 Å². The number of aryl methyl sites for hydroxylation is 3. The highest BCUT2D eigenvalue weighted by molar-refractivity contribution is 7.91. The Balaban J connectivity index is 0.000000224. The summed E-state index contributed by atoms with van der Waals surface area (Å²) in [5.41, 5.74) is 7.35. The third-order valence-electron chi connectivity index (χ3n) is 9.88. The highest BCUT2D eigenvalue weighted by Crippen LogP contribution is 2.40. The van der Waals surface area contributed by atoms with E-state index >= 15 is 0 Å². The number of aldehydes is 1. The Labute approximate surface area is 381 Å². The zero-order valence-corrected chi connectivity index (χ0v) is 38.9. The minimum atomic E-state index is -3.83. The molecule has 0 bridgehead atoms. The molecule has 13 nitrogen and oxygen atoms in total. The van der Waals surface area contributed by atoms with Gasteiger partial charge in [-0.1, -0.05) is 43.0 Å². The van der Waals surface area contributed by atoms with E-state index in [1.165, 1.54) is 32.7 Å². The number of rotatable bonds is 17. The lowest BCUT2D eigenvalue weighted by Gasteiger charge is -2.14. The van der Waals surface area contributed by atoms with Crippen LogP contribution in [0.15, 0.2) is 126 Å². The molecule has 0 saturated carbocycles. The predicted octanol–water partition coefficient (Wildman–Crippen LogP) is 11.0. The van der Waals surface area contributed by atoms with Gasteiger partial charge in [-0.25, -0.2) is 20.0 Å². The Kier molecular flexibility index (Phi) is 18.4. The van der Waals surface area contributed by atoms with Crippen LogP contribution in [-0.2, 0) is 9.84 Å². The molecule has 340 valence electrons. The Morgan fingerprint density at radius 2 is 1.26 bits per heavy atom. The van der Waals surface area contributed by atoms with Crippen LogP contribution in [0.25, 0.3) is 27.4 Å². The largest absolute Gasteiger partial charge is 0.496 e. The lowest BCUT2D eigenvalue weighted by molar-refractivity contribution is 0.112. The first-order valence-electron chi connectivity index (χ1n) is 20.0. The molecule has 0 radical (unpaired) electrons. The third kappa shape index (κ3) is 12.4. The van der Waals surface area contributed by atoms with E-state index in [-0.39, 0.29) is 4.90 Å². The van der Waals surface area contributed by atoms with E-state index in [2.05, 4.69) is 36.0 Å². The van der Waals surface area contributed by atoms with Gasteiger partial charge < -0.3 is 37.6 Å². The summed E-state index contributed by atoms with van der Waals surface area (Å²) in [4.78, 5) is 18.4. The number of oxazole rings is 1. The number of benzene rings is 5. The lowest BCUT2D eigenvalue weighted by atomic mass is 10.00. The highest BCUT2D eigenvalue weighted by atomic mass is 32.2. The molecule has 1 aromatic heterocycles. The van der Waals surface area contributed by atoms with Crippen LogP contribution in [0.1, 0.15) is 43.5 Å². The molecule has 65 heavy (non-hydrogen) atoms. The standard InChI is InChI=1S/C22H23NO4.C18H19NO4S.C11H12O3/c1-6-9-26-20-11-16(7-8-18(20)24-4)22-21(23-13-27-22)17-10-14(2)15(3)19(12-17)25-5;1-12-6-8-15(9-7-12)24(20,21)18(19-3)14-10-13(2)17(23-5)16(11-14)22-4;1-3-6-14-11-7-9(8-12)4-5-10(11)13-2/h6-8,10-13H,1,9H2,2-5H3;6-11,18H,1-2,4-5H3;3-5,7-8H,1,6H2,2H3. The van der Waals surface area contributed by atoms with Gasteiger partial charge in [0, 0.05) is 16.7 Å². The van der Waals surface area contributed by atoms with Gasteiger partial charge in [-0.2, -0.15) is 0 Å². The maximum Gasteiger partial charge on any atom is 0.350 e. The van der Waals surface area contributed by atoms with Crippen molar-refractivity contribution in [2.75, 3.05) is 48.8 Å². The van der Waals surface area contributed by atoms with Crippen LogP contribution in [0.4, 0.5) is 0 Å². The molecule has 5 aromatic carbocycles. The van der Waals surface area contributed by atoms with Gasteiger partial charge in [0.1, 0.15) is 30.9 Å². The summed E-state index contributed by atoms with van der Waals surface area (Å²) in [5, 5.41) is -1.33. The van der Waals surface area contributed by atoms with Gasteiger partial charge in [-0.3, -0.25) is 9.64 Å². The quantitative estimate of drug-likeness (QED) is 0.0488. The zero-order valence-electron chi connectivity index (χ0n) is 38.1. The zero-order chi connectivity index (χ0) is 47.7. The fraction of sp³-hybridized carbons (Fsp3) is 0.235. The van der Waals surface area contributed by atoms with Crippen LogP contribution in [0, 0.1) is 34.3 Å². The number of hydrogen-bond acceptors (Lipinski definition) is 12. The first-order valence-corrected chi connectivity index (χ1v) is 21.6. The second-order valence-corrected chi connectivity index (χ2v) is 16.2. The topological polar surface area (TPSA) is 146 Å². The van der Waals surface area contributed by atoms with E-state index in [9.17, 15) is 13.2 Å². The molecule has 6 rings (SSSR count). The van der Waals surface area contributed by atoms with Crippen LogP contribution in [0.2, 0.25) is 0 Å². The van der Waals surface area contributed by atoms with Gasteiger partial charge in [0.2, 0.25) is 0 Å². The SMILES string of the molecule is C=CCOc1cc(-c2ocnc2-c2cc(C)c(C)c(OC)c2)ccc1OC.C=CCOc1cc(C=O)ccc1OC.[C-]#[N+]C(c1cc(C)c(OC)c(OC)c1)S(=O)(=O)c1ccc(C)cc1. The van der Waals surface area contributed by atoms with Crippen molar-refractivity contribution in [3.05, 3.63) is 161 Å². The molecule has 6 aromatic rings. The molecule has 0 spiro atoms. The molecular formula is C51H54N2O11S. The summed E-state index contributed by atoms with van der Waals surface area (Å²) >= 11 is 0. The van der Waals surface area contributed by atoms with Gasteiger partial charge in [0.15, 0.2) is 46.7 Å². The lowest BCUT2D eigenvalue weighted by Crippen LogP contribution is -2.11. The minimum Gasteiger partial charge on any atom is -0.496 e. The molecule has 1 heterocycles. The number of aromatic nitrogens is 1. The van der Waals surface area contributed by atoms with E-state index in [1.54, 1.807) is 82.9 Å². The van der Waals surface area contributed by atoms with E-state index in [1.807, 2.05) is 38.1 Å². The normalized spacial score (nSPS) is 10.9. The first kappa shape index (κ1) is 50.1. The molecule has 0 aliphatic carbocycles. The molecular weight excluding hydrogens is 849 g/mol. The van der Waals surface area contributed by atoms with Gasteiger partial charge in [-0.15, -0.1) is 0 Å². The van der Waals surface area contributed by atoms with E-state index in [0.29, 0.717) is 70.2 Å². The summed E-state index contributed by atoms with van der Waals surface area (Å²) in [6.45, 7) is 23.2. The van der Waals surface area contributed by atoms with Crippen molar-refractivity contribution in [1.29, 1.82) is 0 Å². The predicted molar refractivity (Wildman–Crippen MR) is 252 cm³/mol. The van der Waals surface area contributed by atoms with Crippen molar-refractivity contribution < 1.29 is 50.8 Å². The second-order valence-electron chi connectivity index (χ2n) is 14.2. The van der Waals surface area contributed by atoms with Gasteiger partial charge in [0.25, 0.3) is 9.84 Å². The Morgan fingerprint density at radius 1 is 0.677 bits per heavy atom. The maximum absolute atomic E-state index is 12.9. The van der Waals surface area contributed by atoms with E-state index < -0.39 is 15.2 Å². The molecule has 1 unspecified atom stereocenters. The minimum absolute atomic E-state index is 0.126. The summed E-state index contributed by atoms with van der Waals surface area (Å²) in [6.07, 6.45) is 5.53. The van der Waals surface area contributed by atoms with Crippen molar-refractivity contribution in [3.8, 4) is 62.8 Å². The van der Waals surface area contributed by atoms with Crippen LogP contribution < -0.4 is 33.2 Å². The first-order chi connectivity index (χ1) is 31.2. The van der Waals surface area contributed by atoms with Crippen LogP contribution in [-0.4, -0.2) is 68.5 Å². The Morgan fingerprint density at radius 3 is 1.82 bits per heavy atom. The van der Waals surface area contributed by atoms with Crippen molar-refractivity contribution in [3.63, 3.8) is 0 Å². The van der Waals surface area contributed by atoms with Crippen molar-refractivity contribution >= 4 is 16.1 Å². The highest BCUT2D eigenvalue weighted by Gasteiger charge is 2.35. The fourth-order valence-corrected chi connectivity index (χ4v) is 7.85. The number of carbonyl (C=O) groups excluding carboxylic acids is 1. The van der Waals surface area contributed by atoms with Gasteiger partial charge >= 0.3 is 5.37 Å². The van der Waals surface area contributed by atoms with Crippen molar-refractivity contribution in [2.24, 2.45) is 0 Å². The second kappa shape index (κ2) is 23.8. The molecule has 14 heteroatoms. The smallest absolute Gasteiger partial charge is 0.350 e. The number of hydrogen-bond donors (Lipinski definition) is 0. The van der Waals surface area contributed by atoms with E-state index in [4.69, 9.17) is 44.1 Å². The number of sulfone groups is 1. The average molecular weight is 903 g/mol. The van der Waals surface area contributed by atoms with Crippen LogP contribution in [0.5, 0.6) is 40.2 Å². The van der Waals surface area contributed by atoms with E-state index in [0.717, 1.165) is 45.5 Å². The summed E-state index contributed by atoms with van der Waals surface area (Å²) in [6, 6.07) is 24.4. The third-order valence-corrected chi connectivity index (χ3v) is 11.8. The fourth-order valence-electron chi connectivity index (χ4n) is 6.44. The molecule has 0 amide bonds. The monoisotopic (exact) mass is 902 g/mol. The molecule has 1 atom stereocenters. The summed E-state index contributed by atoms with van der Waals surface area (Å²) in [5.74, 6) is 4.84. The molecule has 0 N–H and O–H groups in total. The van der Waals surface area contributed by atoms with Crippen LogP contribution >= 0.6 is 0 Å². The maximum atomic E-state index is 12.9. The summed E-state index contributed by atoms with van der Waals surface area (Å²) in [7, 11) is 3.98.